The van der Waals surface area contributed by atoms with Crippen LogP contribution in [0, 0.1) is 6.92 Å². The predicted molar refractivity (Wildman–Crippen MR) is 130 cm³/mol. The van der Waals surface area contributed by atoms with Crippen LogP contribution >= 0.6 is 11.6 Å². The highest BCUT2D eigenvalue weighted by molar-refractivity contribution is 7.92. The molecule has 9 heteroatoms. The minimum atomic E-state index is -3.82. The summed E-state index contributed by atoms with van der Waals surface area (Å²) in [7, 11) is -2.25. The van der Waals surface area contributed by atoms with Crippen molar-refractivity contribution in [2.75, 3.05) is 17.1 Å². The fraction of sp³-hybridized carbons (Fsp3) is 0.208. The lowest BCUT2D eigenvalue weighted by atomic mass is 10.2. The van der Waals surface area contributed by atoms with Crippen LogP contribution in [0.4, 0.5) is 11.4 Å². The second-order valence-corrected chi connectivity index (χ2v) is 9.31. The SMILES string of the molecule is CC[C@H](Oc1ccc(OC)cc1)C(=O)Nc1ccc(S(=O)(=O)Nc2cccc(Cl)c2C)cc1. The molecule has 2 N–H and O–H groups in total. The van der Waals surface area contributed by atoms with Gasteiger partial charge in [-0.05, 0) is 79.6 Å². The first-order valence-electron chi connectivity index (χ1n) is 10.2. The van der Waals surface area contributed by atoms with Crippen molar-refractivity contribution in [2.24, 2.45) is 0 Å². The molecule has 0 bridgehead atoms. The number of halogens is 1. The molecule has 0 saturated heterocycles. The molecule has 33 heavy (non-hydrogen) atoms. The quantitative estimate of drug-likeness (QED) is 0.429. The summed E-state index contributed by atoms with van der Waals surface area (Å²) < 4.78 is 38.9. The maximum absolute atomic E-state index is 12.7. The lowest BCUT2D eigenvalue weighted by Crippen LogP contribution is -2.32. The number of methoxy groups -OCH3 is 1. The van der Waals surface area contributed by atoms with Gasteiger partial charge in [0.05, 0.1) is 17.7 Å². The molecule has 3 rings (SSSR count). The van der Waals surface area contributed by atoms with E-state index in [4.69, 9.17) is 21.1 Å². The lowest BCUT2D eigenvalue weighted by Gasteiger charge is -2.18. The van der Waals surface area contributed by atoms with Crippen LogP contribution in [0.5, 0.6) is 11.5 Å². The van der Waals surface area contributed by atoms with Gasteiger partial charge in [-0.1, -0.05) is 24.6 Å². The zero-order valence-electron chi connectivity index (χ0n) is 18.5. The Balaban J connectivity index is 1.67. The number of amides is 1. The first-order chi connectivity index (χ1) is 15.7. The normalized spacial score (nSPS) is 12.0. The monoisotopic (exact) mass is 488 g/mol. The highest BCUT2D eigenvalue weighted by atomic mass is 35.5. The van der Waals surface area contributed by atoms with Crippen LogP contribution in [0.3, 0.4) is 0 Å². The van der Waals surface area contributed by atoms with Gasteiger partial charge < -0.3 is 14.8 Å². The average molecular weight is 489 g/mol. The van der Waals surface area contributed by atoms with Gasteiger partial charge in [-0.2, -0.15) is 0 Å². The largest absolute Gasteiger partial charge is 0.497 e. The Morgan fingerprint density at radius 1 is 1.00 bits per heavy atom. The van der Waals surface area contributed by atoms with E-state index in [1.54, 1.807) is 56.5 Å². The Morgan fingerprint density at radius 2 is 1.64 bits per heavy atom. The van der Waals surface area contributed by atoms with Crippen molar-refractivity contribution in [1.82, 2.24) is 0 Å². The van der Waals surface area contributed by atoms with Crippen molar-refractivity contribution < 1.29 is 22.7 Å². The lowest BCUT2D eigenvalue weighted by molar-refractivity contribution is -0.122. The number of carbonyl (C=O) groups excluding carboxylic acids is 1. The minimum Gasteiger partial charge on any atom is -0.497 e. The topological polar surface area (TPSA) is 93.7 Å². The Hall–Kier alpha value is -3.23. The Kier molecular flexibility index (Phi) is 7.84. The van der Waals surface area contributed by atoms with Crippen LogP contribution in [-0.2, 0) is 14.8 Å². The molecular formula is C24H25ClN2O5S. The van der Waals surface area contributed by atoms with E-state index in [1.807, 2.05) is 6.92 Å². The molecule has 3 aromatic carbocycles. The number of sulfonamides is 1. The van der Waals surface area contributed by atoms with Gasteiger partial charge in [-0.3, -0.25) is 9.52 Å². The van der Waals surface area contributed by atoms with E-state index in [1.165, 1.54) is 24.3 Å². The van der Waals surface area contributed by atoms with Gasteiger partial charge in [0, 0.05) is 10.7 Å². The molecule has 0 spiro atoms. The Bertz CT molecular complexity index is 1210. The maximum Gasteiger partial charge on any atom is 0.265 e. The molecule has 174 valence electrons. The number of anilines is 2. The van der Waals surface area contributed by atoms with Crippen LogP contribution < -0.4 is 19.5 Å². The molecule has 0 fully saturated rings. The average Bonchev–Trinajstić information content (AvgIpc) is 2.81. The van der Waals surface area contributed by atoms with Gasteiger partial charge in [0.15, 0.2) is 6.10 Å². The van der Waals surface area contributed by atoms with E-state index in [-0.39, 0.29) is 10.8 Å². The summed E-state index contributed by atoms with van der Waals surface area (Å²) in [5, 5.41) is 3.23. The summed E-state index contributed by atoms with van der Waals surface area (Å²) in [4.78, 5) is 12.7. The van der Waals surface area contributed by atoms with Crippen LogP contribution in [0.1, 0.15) is 18.9 Å². The molecule has 0 aromatic heterocycles. The van der Waals surface area contributed by atoms with Crippen LogP contribution in [-0.4, -0.2) is 27.5 Å². The standard InChI is InChI=1S/C24H25ClN2O5S/c1-4-23(32-19-12-10-18(31-3)11-13-19)24(28)26-17-8-14-20(15-9-17)33(29,30)27-22-7-5-6-21(25)16(22)2/h5-15,23,27H,4H2,1-3H3,(H,26,28)/t23-/m0/s1. The van der Waals surface area contributed by atoms with Gasteiger partial charge in [0.2, 0.25) is 0 Å². The van der Waals surface area contributed by atoms with Crippen molar-refractivity contribution in [3.8, 4) is 11.5 Å². The van der Waals surface area contributed by atoms with Crippen molar-refractivity contribution in [2.45, 2.75) is 31.3 Å². The second kappa shape index (κ2) is 10.6. The Labute approximate surface area is 198 Å². The van der Waals surface area contributed by atoms with Crippen molar-refractivity contribution in [3.05, 3.63) is 77.3 Å². The molecule has 1 atom stereocenters. The molecular weight excluding hydrogens is 464 g/mol. The fourth-order valence-electron chi connectivity index (χ4n) is 3.00. The minimum absolute atomic E-state index is 0.0569. The molecule has 0 aliphatic heterocycles. The summed E-state index contributed by atoms with van der Waals surface area (Å²) in [6, 6.07) is 17.8. The summed E-state index contributed by atoms with van der Waals surface area (Å²) in [5.74, 6) is 0.896. The molecule has 1 amide bonds. The fourth-order valence-corrected chi connectivity index (χ4v) is 4.30. The summed E-state index contributed by atoms with van der Waals surface area (Å²) in [5.41, 5.74) is 1.49. The molecule has 0 aliphatic rings. The number of hydrogen-bond donors (Lipinski definition) is 2. The van der Waals surface area contributed by atoms with Crippen molar-refractivity contribution in [3.63, 3.8) is 0 Å². The van der Waals surface area contributed by atoms with E-state index >= 15 is 0 Å². The smallest absolute Gasteiger partial charge is 0.265 e. The van der Waals surface area contributed by atoms with Gasteiger partial charge in [-0.15, -0.1) is 0 Å². The molecule has 0 radical (unpaired) electrons. The van der Waals surface area contributed by atoms with Gasteiger partial charge in [0.25, 0.3) is 15.9 Å². The van der Waals surface area contributed by atoms with E-state index < -0.39 is 16.1 Å². The third kappa shape index (κ3) is 6.18. The van der Waals surface area contributed by atoms with E-state index in [0.29, 0.717) is 39.9 Å². The number of carbonyl (C=O) groups is 1. The third-order valence-corrected chi connectivity index (χ3v) is 6.74. The first kappa shape index (κ1) is 24.4. The van der Waals surface area contributed by atoms with Crippen molar-refractivity contribution >= 4 is 38.9 Å². The van der Waals surface area contributed by atoms with Crippen LogP contribution in [0.2, 0.25) is 5.02 Å². The zero-order valence-corrected chi connectivity index (χ0v) is 20.0. The molecule has 0 heterocycles. The van der Waals surface area contributed by atoms with Crippen LogP contribution in [0.25, 0.3) is 0 Å². The first-order valence-corrected chi connectivity index (χ1v) is 12.1. The van der Waals surface area contributed by atoms with Gasteiger partial charge in [-0.25, -0.2) is 8.42 Å². The second-order valence-electron chi connectivity index (χ2n) is 7.22. The van der Waals surface area contributed by atoms with E-state index in [2.05, 4.69) is 10.0 Å². The predicted octanol–water partition coefficient (Wildman–Crippen LogP) is 5.25. The number of benzene rings is 3. The molecule has 0 saturated carbocycles. The summed E-state index contributed by atoms with van der Waals surface area (Å²) in [6.45, 7) is 3.57. The van der Waals surface area contributed by atoms with Gasteiger partial charge in [0.1, 0.15) is 11.5 Å². The summed E-state index contributed by atoms with van der Waals surface area (Å²) in [6.07, 6.45) is -0.262. The number of nitrogens with one attached hydrogen (secondary N) is 2. The van der Waals surface area contributed by atoms with E-state index in [9.17, 15) is 13.2 Å². The molecule has 0 unspecified atom stereocenters. The molecule has 3 aromatic rings. The number of ether oxygens (including phenoxy) is 2. The Morgan fingerprint density at radius 3 is 2.24 bits per heavy atom. The zero-order chi connectivity index (χ0) is 24.0. The van der Waals surface area contributed by atoms with Gasteiger partial charge >= 0.3 is 0 Å². The summed E-state index contributed by atoms with van der Waals surface area (Å²) >= 11 is 6.07. The maximum atomic E-state index is 12.7. The number of hydrogen-bond acceptors (Lipinski definition) is 5. The highest BCUT2D eigenvalue weighted by Gasteiger charge is 2.20. The molecule has 0 aliphatic carbocycles. The number of rotatable bonds is 9. The molecule has 7 nitrogen and oxygen atoms in total. The van der Waals surface area contributed by atoms with Crippen LogP contribution in [0.15, 0.2) is 71.6 Å². The third-order valence-electron chi connectivity index (χ3n) is 4.95. The van der Waals surface area contributed by atoms with E-state index in [0.717, 1.165) is 0 Å². The van der Waals surface area contributed by atoms with Crippen molar-refractivity contribution in [1.29, 1.82) is 0 Å². The highest BCUT2D eigenvalue weighted by Crippen LogP contribution is 2.26.